The highest BCUT2D eigenvalue weighted by molar-refractivity contribution is 14.1. The normalized spacial score (nSPS) is 10.6. The first-order chi connectivity index (χ1) is 11.6. The molecule has 0 atom stereocenters. The van der Waals surface area contributed by atoms with E-state index in [1.807, 2.05) is 12.1 Å². The van der Waals surface area contributed by atoms with Crippen molar-refractivity contribution >= 4 is 50.9 Å². The van der Waals surface area contributed by atoms with Crippen LogP contribution in [0.15, 0.2) is 48.7 Å². The molecule has 1 aromatic heterocycles. The second kappa shape index (κ2) is 7.36. The Balaban J connectivity index is 1.84. The van der Waals surface area contributed by atoms with Gasteiger partial charge in [-0.2, -0.15) is 0 Å². The van der Waals surface area contributed by atoms with Crippen molar-refractivity contribution in [2.24, 2.45) is 0 Å². The van der Waals surface area contributed by atoms with Crippen LogP contribution in [-0.2, 0) is 0 Å². The molecule has 0 aliphatic heterocycles. The van der Waals surface area contributed by atoms with E-state index in [-0.39, 0.29) is 12.4 Å². The van der Waals surface area contributed by atoms with Crippen LogP contribution in [0.3, 0.4) is 0 Å². The van der Waals surface area contributed by atoms with Crippen LogP contribution in [0.25, 0.3) is 10.9 Å². The van der Waals surface area contributed by atoms with Gasteiger partial charge in [0.25, 0.3) is 0 Å². The molecule has 0 N–H and O–H groups in total. The van der Waals surface area contributed by atoms with Gasteiger partial charge in [-0.3, -0.25) is 9.78 Å². The molecule has 0 bridgehead atoms. The first-order valence-corrected chi connectivity index (χ1v) is 8.58. The number of benzene rings is 2. The Kier molecular flexibility index (Phi) is 5.20. The van der Waals surface area contributed by atoms with E-state index in [2.05, 4.69) is 27.6 Å². The highest BCUT2D eigenvalue weighted by Crippen LogP contribution is 2.34. The summed E-state index contributed by atoms with van der Waals surface area (Å²) in [5.74, 6) is 1.15. The number of fused-ring (bicyclic) bond motifs is 1. The molecule has 0 amide bonds. The summed E-state index contributed by atoms with van der Waals surface area (Å²) in [5.41, 5.74) is 1.22. The number of methoxy groups -OCH3 is 1. The molecule has 24 heavy (non-hydrogen) atoms. The maximum atomic E-state index is 12.3. The quantitative estimate of drug-likeness (QED) is 0.413. The molecule has 122 valence electrons. The van der Waals surface area contributed by atoms with Crippen LogP contribution >= 0.6 is 34.2 Å². The SMILES string of the molecule is COc1ccc(C(=O)COc2c(I)cc(Cl)c3cccnc23)cc1. The monoisotopic (exact) mass is 453 g/mol. The van der Waals surface area contributed by atoms with Crippen LogP contribution in [0.2, 0.25) is 5.02 Å². The largest absolute Gasteiger partial charge is 0.497 e. The Bertz CT molecular complexity index is 897. The first-order valence-electron chi connectivity index (χ1n) is 7.13. The molecule has 0 saturated heterocycles. The molecule has 0 spiro atoms. The third kappa shape index (κ3) is 3.47. The van der Waals surface area contributed by atoms with E-state index in [1.165, 1.54) is 0 Å². The molecule has 4 nitrogen and oxygen atoms in total. The van der Waals surface area contributed by atoms with Crippen LogP contribution in [-0.4, -0.2) is 24.5 Å². The molecule has 0 unspecified atom stereocenters. The fourth-order valence-corrected chi connectivity index (χ4v) is 3.45. The van der Waals surface area contributed by atoms with Gasteiger partial charge in [0, 0.05) is 17.1 Å². The zero-order valence-electron chi connectivity index (χ0n) is 12.8. The molecule has 0 fully saturated rings. The van der Waals surface area contributed by atoms with Crippen molar-refractivity contribution < 1.29 is 14.3 Å². The Labute approximate surface area is 157 Å². The average molecular weight is 454 g/mol. The average Bonchev–Trinajstić information content (AvgIpc) is 2.61. The van der Waals surface area contributed by atoms with Gasteiger partial charge in [0.05, 0.1) is 15.7 Å². The van der Waals surface area contributed by atoms with Gasteiger partial charge in [0.1, 0.15) is 11.3 Å². The van der Waals surface area contributed by atoms with Crippen molar-refractivity contribution in [2.45, 2.75) is 0 Å². The molecule has 0 saturated carbocycles. The topological polar surface area (TPSA) is 48.4 Å². The summed E-state index contributed by atoms with van der Waals surface area (Å²) < 4.78 is 11.7. The molecule has 1 heterocycles. The van der Waals surface area contributed by atoms with Crippen molar-refractivity contribution in [3.63, 3.8) is 0 Å². The Morgan fingerprint density at radius 1 is 1.25 bits per heavy atom. The van der Waals surface area contributed by atoms with Crippen molar-refractivity contribution in [3.05, 3.63) is 62.8 Å². The summed E-state index contributed by atoms with van der Waals surface area (Å²) in [6.45, 7) is -0.0738. The third-order valence-electron chi connectivity index (χ3n) is 3.51. The lowest BCUT2D eigenvalue weighted by atomic mass is 10.1. The molecule has 0 aliphatic rings. The van der Waals surface area contributed by atoms with E-state index in [9.17, 15) is 4.79 Å². The van der Waals surface area contributed by atoms with E-state index >= 15 is 0 Å². The van der Waals surface area contributed by atoms with Gasteiger partial charge >= 0.3 is 0 Å². The van der Waals surface area contributed by atoms with Crippen LogP contribution in [0.5, 0.6) is 11.5 Å². The maximum absolute atomic E-state index is 12.3. The van der Waals surface area contributed by atoms with Gasteiger partial charge in [0.15, 0.2) is 18.1 Å². The smallest absolute Gasteiger partial charge is 0.200 e. The number of carbonyl (C=O) groups excluding carboxylic acids is 1. The minimum atomic E-state index is -0.118. The molecular formula is C18H13ClINO3. The number of Topliss-reactive ketones (excluding diaryl/α,β-unsaturated/α-hetero) is 1. The van der Waals surface area contributed by atoms with Gasteiger partial charge < -0.3 is 9.47 Å². The first kappa shape index (κ1) is 17.0. The summed E-state index contributed by atoms with van der Waals surface area (Å²) >= 11 is 8.37. The summed E-state index contributed by atoms with van der Waals surface area (Å²) in [4.78, 5) is 16.7. The lowest BCUT2D eigenvalue weighted by Crippen LogP contribution is -2.12. The zero-order valence-corrected chi connectivity index (χ0v) is 15.7. The van der Waals surface area contributed by atoms with Crippen molar-refractivity contribution in [3.8, 4) is 11.5 Å². The molecular weight excluding hydrogens is 441 g/mol. The van der Waals surface area contributed by atoms with Crippen LogP contribution in [0, 0.1) is 3.57 Å². The number of pyridine rings is 1. The van der Waals surface area contributed by atoms with Gasteiger partial charge in [-0.05, 0) is 65.1 Å². The second-order valence-electron chi connectivity index (χ2n) is 5.01. The second-order valence-corrected chi connectivity index (χ2v) is 6.58. The lowest BCUT2D eigenvalue weighted by molar-refractivity contribution is 0.0922. The molecule has 3 aromatic rings. The number of ether oxygens (including phenoxy) is 2. The fraction of sp³-hybridized carbons (Fsp3) is 0.111. The molecule has 0 aliphatic carbocycles. The Hall–Kier alpha value is -1.86. The molecule has 3 rings (SSSR count). The van der Waals surface area contributed by atoms with Crippen molar-refractivity contribution in [1.29, 1.82) is 0 Å². The Morgan fingerprint density at radius 2 is 2.00 bits per heavy atom. The minimum absolute atomic E-state index is 0.0738. The van der Waals surface area contributed by atoms with Crippen LogP contribution < -0.4 is 9.47 Å². The molecule has 6 heteroatoms. The highest BCUT2D eigenvalue weighted by Gasteiger charge is 2.14. The predicted molar refractivity (Wildman–Crippen MR) is 102 cm³/mol. The number of aromatic nitrogens is 1. The minimum Gasteiger partial charge on any atom is -0.497 e. The van der Waals surface area contributed by atoms with E-state index < -0.39 is 0 Å². The highest BCUT2D eigenvalue weighted by atomic mass is 127. The number of ketones is 1. The van der Waals surface area contributed by atoms with Gasteiger partial charge in [-0.25, -0.2) is 0 Å². The number of carbonyl (C=O) groups is 1. The van der Waals surface area contributed by atoms with Gasteiger partial charge in [-0.1, -0.05) is 11.6 Å². The van der Waals surface area contributed by atoms with Crippen molar-refractivity contribution in [1.82, 2.24) is 4.98 Å². The number of rotatable bonds is 5. The predicted octanol–water partition coefficient (Wildman–Crippen LogP) is 4.76. The third-order valence-corrected chi connectivity index (χ3v) is 4.62. The number of hydrogen-bond donors (Lipinski definition) is 0. The van der Waals surface area contributed by atoms with Crippen LogP contribution in [0.1, 0.15) is 10.4 Å². The summed E-state index contributed by atoms with van der Waals surface area (Å²) in [6.07, 6.45) is 1.67. The molecule has 2 aromatic carbocycles. The summed E-state index contributed by atoms with van der Waals surface area (Å²) in [6, 6.07) is 12.4. The Morgan fingerprint density at radius 3 is 2.71 bits per heavy atom. The number of nitrogens with zero attached hydrogens (tertiary/aromatic N) is 1. The number of halogens is 2. The summed E-state index contributed by atoms with van der Waals surface area (Å²) in [5, 5.41) is 1.41. The maximum Gasteiger partial charge on any atom is 0.200 e. The fourth-order valence-electron chi connectivity index (χ4n) is 2.28. The van der Waals surface area contributed by atoms with E-state index in [4.69, 9.17) is 21.1 Å². The zero-order chi connectivity index (χ0) is 17.1. The molecule has 0 radical (unpaired) electrons. The van der Waals surface area contributed by atoms with Gasteiger partial charge in [-0.15, -0.1) is 0 Å². The van der Waals surface area contributed by atoms with E-state index in [0.29, 0.717) is 27.6 Å². The van der Waals surface area contributed by atoms with Gasteiger partial charge in [0.2, 0.25) is 0 Å². The summed E-state index contributed by atoms with van der Waals surface area (Å²) in [7, 11) is 1.58. The van der Waals surface area contributed by atoms with E-state index in [1.54, 1.807) is 43.6 Å². The number of hydrogen-bond acceptors (Lipinski definition) is 4. The lowest BCUT2D eigenvalue weighted by Gasteiger charge is -2.11. The van der Waals surface area contributed by atoms with Crippen molar-refractivity contribution in [2.75, 3.05) is 13.7 Å². The standard InChI is InChI=1S/C18H13ClINO3/c1-23-12-6-4-11(5-7-12)16(22)10-24-18-15(20)9-14(19)13-3-2-8-21-17(13)18/h2-9H,10H2,1H3. The van der Waals surface area contributed by atoms with E-state index in [0.717, 1.165) is 8.96 Å². The van der Waals surface area contributed by atoms with Crippen LogP contribution in [0.4, 0.5) is 0 Å².